The number of benzene rings is 1. The number of carbonyl (C=O) groups is 2. The Hall–Kier alpha value is -2.14. The van der Waals surface area contributed by atoms with Gasteiger partial charge in [0.2, 0.25) is 0 Å². The van der Waals surface area contributed by atoms with Gasteiger partial charge in [-0.1, -0.05) is 37.3 Å². The zero-order valence-electron chi connectivity index (χ0n) is 15.3. The number of Topliss-reactive ketones (excluding diaryl/α,β-unsaturated/α-hetero) is 1. The van der Waals surface area contributed by atoms with Gasteiger partial charge in [-0.25, -0.2) is 4.79 Å². The quantitative estimate of drug-likeness (QED) is 0.564. The predicted octanol–water partition coefficient (Wildman–Crippen LogP) is 4.73. The number of nitrogens with one attached hydrogen (secondary N) is 1. The maximum Gasteiger partial charge on any atom is 0.341 e. The van der Waals surface area contributed by atoms with E-state index in [1.165, 1.54) is 4.88 Å². The first-order chi connectivity index (χ1) is 12.6. The maximum atomic E-state index is 12.5. The Morgan fingerprint density at radius 1 is 1.27 bits per heavy atom. The van der Waals surface area contributed by atoms with E-state index in [-0.39, 0.29) is 11.8 Å². The number of rotatable bonds is 7. The molecule has 1 aliphatic rings. The van der Waals surface area contributed by atoms with Crippen molar-refractivity contribution in [3.05, 3.63) is 51.9 Å². The molecule has 2 aromatic rings. The van der Waals surface area contributed by atoms with Crippen molar-refractivity contribution >= 4 is 28.1 Å². The number of ketones is 1. The van der Waals surface area contributed by atoms with Crippen molar-refractivity contribution in [2.45, 2.75) is 39.5 Å². The largest absolute Gasteiger partial charge is 0.462 e. The number of carbonyl (C=O) groups excluding carboxylic acids is 2. The van der Waals surface area contributed by atoms with Gasteiger partial charge in [-0.2, -0.15) is 0 Å². The molecule has 0 saturated carbocycles. The van der Waals surface area contributed by atoms with Crippen LogP contribution in [0.1, 0.15) is 57.8 Å². The first-order valence-electron chi connectivity index (χ1n) is 9.24. The van der Waals surface area contributed by atoms with Crippen molar-refractivity contribution in [2.75, 3.05) is 18.5 Å². The normalized spacial score (nSPS) is 16.0. The summed E-state index contributed by atoms with van der Waals surface area (Å²) in [6.45, 7) is 4.95. The van der Waals surface area contributed by atoms with E-state index in [2.05, 4.69) is 12.2 Å². The molecule has 138 valence electrons. The van der Waals surface area contributed by atoms with Crippen LogP contribution in [0.5, 0.6) is 0 Å². The van der Waals surface area contributed by atoms with Crippen molar-refractivity contribution in [3.8, 4) is 0 Å². The lowest BCUT2D eigenvalue weighted by Crippen LogP contribution is -2.15. The molecule has 5 heteroatoms. The van der Waals surface area contributed by atoms with Gasteiger partial charge in [0.05, 0.1) is 12.2 Å². The molecule has 1 unspecified atom stereocenters. The zero-order chi connectivity index (χ0) is 18.5. The lowest BCUT2D eigenvalue weighted by Gasteiger charge is -2.18. The van der Waals surface area contributed by atoms with Gasteiger partial charge < -0.3 is 10.1 Å². The summed E-state index contributed by atoms with van der Waals surface area (Å²) in [5, 5.41) is 4.17. The summed E-state index contributed by atoms with van der Waals surface area (Å²) in [4.78, 5) is 26.0. The van der Waals surface area contributed by atoms with Crippen LogP contribution in [0.15, 0.2) is 30.3 Å². The zero-order valence-corrected chi connectivity index (χ0v) is 16.2. The van der Waals surface area contributed by atoms with Crippen LogP contribution in [0, 0.1) is 5.92 Å². The summed E-state index contributed by atoms with van der Waals surface area (Å²) in [6.07, 6.45) is 3.43. The van der Waals surface area contributed by atoms with E-state index in [1.807, 2.05) is 37.3 Å². The number of ether oxygens (including phenoxy) is 1. The Kier molecular flexibility index (Phi) is 6.09. The standard InChI is InChI=1S/C21H25NO3S/c1-3-25-21(24)19-16-10-9-14(2)13-18(16)26-20(19)22-12-11-17(23)15-7-5-4-6-8-15/h4-8,14,22H,3,9-13H2,1-2H3. The van der Waals surface area contributed by atoms with Crippen LogP contribution in [0.4, 0.5) is 5.00 Å². The number of fused-ring (bicyclic) bond motifs is 1. The molecule has 1 atom stereocenters. The molecule has 1 aliphatic carbocycles. The summed E-state index contributed by atoms with van der Waals surface area (Å²) < 4.78 is 5.28. The average molecular weight is 372 g/mol. The lowest BCUT2D eigenvalue weighted by molar-refractivity contribution is 0.0526. The van der Waals surface area contributed by atoms with Gasteiger partial charge in [-0.15, -0.1) is 11.3 Å². The van der Waals surface area contributed by atoms with E-state index in [9.17, 15) is 9.59 Å². The van der Waals surface area contributed by atoms with Crippen molar-refractivity contribution in [3.63, 3.8) is 0 Å². The minimum Gasteiger partial charge on any atom is -0.462 e. The van der Waals surface area contributed by atoms with Crippen LogP contribution in [0.25, 0.3) is 0 Å². The molecule has 0 saturated heterocycles. The minimum absolute atomic E-state index is 0.103. The van der Waals surface area contributed by atoms with Crippen LogP contribution in [0.2, 0.25) is 0 Å². The van der Waals surface area contributed by atoms with Gasteiger partial charge in [0, 0.05) is 23.4 Å². The molecule has 1 aromatic heterocycles. The highest BCUT2D eigenvalue weighted by atomic mass is 32.1. The van der Waals surface area contributed by atoms with Crippen LogP contribution in [-0.2, 0) is 17.6 Å². The second-order valence-electron chi connectivity index (χ2n) is 6.74. The number of thiophene rings is 1. The SMILES string of the molecule is CCOC(=O)c1c(NCCC(=O)c2ccccc2)sc2c1CCC(C)C2. The van der Waals surface area contributed by atoms with E-state index in [0.717, 1.165) is 35.4 Å². The number of hydrogen-bond donors (Lipinski definition) is 1. The van der Waals surface area contributed by atoms with Crippen molar-refractivity contribution in [2.24, 2.45) is 5.92 Å². The summed E-state index contributed by atoms with van der Waals surface area (Å²) >= 11 is 1.64. The van der Waals surface area contributed by atoms with Crippen molar-refractivity contribution < 1.29 is 14.3 Å². The van der Waals surface area contributed by atoms with Gasteiger partial charge in [0.15, 0.2) is 5.78 Å². The van der Waals surface area contributed by atoms with Gasteiger partial charge in [-0.3, -0.25) is 4.79 Å². The molecule has 0 amide bonds. The fraction of sp³-hybridized carbons (Fsp3) is 0.429. The van der Waals surface area contributed by atoms with Crippen LogP contribution in [-0.4, -0.2) is 24.9 Å². The lowest BCUT2D eigenvalue weighted by atomic mass is 9.88. The third-order valence-corrected chi connectivity index (χ3v) is 5.94. The Morgan fingerprint density at radius 2 is 2.04 bits per heavy atom. The molecule has 0 spiro atoms. The summed E-state index contributed by atoms with van der Waals surface area (Å²) in [5.41, 5.74) is 2.55. The number of anilines is 1. The Balaban J connectivity index is 1.72. The second-order valence-corrected chi connectivity index (χ2v) is 7.85. The monoisotopic (exact) mass is 371 g/mol. The van der Waals surface area contributed by atoms with Gasteiger partial charge in [0.1, 0.15) is 5.00 Å². The molecular weight excluding hydrogens is 346 g/mol. The molecule has 26 heavy (non-hydrogen) atoms. The molecule has 1 heterocycles. The molecule has 1 aromatic carbocycles. The fourth-order valence-corrected chi connectivity index (χ4v) is 4.78. The van der Waals surface area contributed by atoms with E-state index in [4.69, 9.17) is 4.74 Å². The summed E-state index contributed by atoms with van der Waals surface area (Å²) in [5.74, 6) is 0.492. The topological polar surface area (TPSA) is 55.4 Å². The van der Waals surface area contributed by atoms with Crippen LogP contribution in [0.3, 0.4) is 0 Å². The Bertz CT molecular complexity index is 782. The third kappa shape index (κ3) is 4.15. The second kappa shape index (κ2) is 8.49. The predicted molar refractivity (Wildman–Crippen MR) is 105 cm³/mol. The van der Waals surface area contributed by atoms with Gasteiger partial charge in [0.25, 0.3) is 0 Å². The van der Waals surface area contributed by atoms with Crippen molar-refractivity contribution in [1.82, 2.24) is 0 Å². The van der Waals surface area contributed by atoms with E-state index < -0.39 is 0 Å². The first kappa shape index (κ1) is 18.6. The Labute approximate surface area is 158 Å². The molecule has 4 nitrogen and oxygen atoms in total. The molecule has 0 bridgehead atoms. The summed E-state index contributed by atoms with van der Waals surface area (Å²) in [6, 6.07) is 9.30. The highest BCUT2D eigenvalue weighted by molar-refractivity contribution is 7.16. The van der Waals surface area contributed by atoms with Crippen molar-refractivity contribution in [1.29, 1.82) is 0 Å². The molecule has 1 N–H and O–H groups in total. The summed E-state index contributed by atoms with van der Waals surface area (Å²) in [7, 11) is 0. The smallest absolute Gasteiger partial charge is 0.341 e. The maximum absolute atomic E-state index is 12.5. The van der Waals surface area contributed by atoms with E-state index >= 15 is 0 Å². The molecule has 3 rings (SSSR count). The molecule has 0 radical (unpaired) electrons. The minimum atomic E-state index is -0.253. The first-order valence-corrected chi connectivity index (χ1v) is 10.1. The molecule has 0 fully saturated rings. The Morgan fingerprint density at radius 3 is 2.77 bits per heavy atom. The van der Waals surface area contributed by atoms with Gasteiger partial charge >= 0.3 is 5.97 Å². The van der Waals surface area contributed by atoms with Gasteiger partial charge in [-0.05, 0) is 37.7 Å². The highest BCUT2D eigenvalue weighted by Crippen LogP contribution is 2.40. The van der Waals surface area contributed by atoms with Crippen LogP contribution >= 0.6 is 11.3 Å². The molecule has 0 aliphatic heterocycles. The van der Waals surface area contributed by atoms with Crippen LogP contribution < -0.4 is 5.32 Å². The van der Waals surface area contributed by atoms with E-state index in [0.29, 0.717) is 31.1 Å². The number of hydrogen-bond acceptors (Lipinski definition) is 5. The average Bonchev–Trinajstić information content (AvgIpc) is 2.99. The number of esters is 1. The highest BCUT2D eigenvalue weighted by Gasteiger charge is 2.28. The molecular formula is C21H25NO3S. The third-order valence-electron chi connectivity index (χ3n) is 4.72. The fourth-order valence-electron chi connectivity index (χ4n) is 3.35. The van der Waals surface area contributed by atoms with E-state index in [1.54, 1.807) is 11.3 Å².